The van der Waals surface area contributed by atoms with Crippen molar-refractivity contribution in [3.63, 3.8) is 0 Å². The zero-order chi connectivity index (χ0) is 43.1. The van der Waals surface area contributed by atoms with Crippen LogP contribution in [0.15, 0.2) is 79.5 Å². The summed E-state index contributed by atoms with van der Waals surface area (Å²) < 4.78 is 68.0. The lowest BCUT2D eigenvalue weighted by molar-refractivity contribution is -0.148. The standard InChI is InChI=1S/C25H25F3N2O6.C15H14Cl2N2O3/c1-5-16-6-7-17(20(12-16)36-15(2)23(32)34-4)14-35-19-10-8-18(9-11-19)30-22(31)13-21(25(26,27)28)29(3)24(30)33;1-5-6-21-12-8-11(9(16)7-10(12)17)19-14(20)22-13(18-19)15(2,3)4/h6-13,15H,5,14H2,1-4H3;1,7-8H,6H2,2-4H3. The van der Waals surface area contributed by atoms with Crippen LogP contribution in [-0.4, -0.2) is 44.7 Å². The topological polar surface area (TPSA) is 146 Å². The van der Waals surface area contributed by atoms with Gasteiger partial charge in [0, 0.05) is 30.2 Å². The van der Waals surface area contributed by atoms with Gasteiger partial charge in [-0.2, -0.15) is 17.9 Å². The van der Waals surface area contributed by atoms with Gasteiger partial charge in [0.1, 0.15) is 36.2 Å². The largest absolute Gasteiger partial charge is 0.489 e. The highest BCUT2D eigenvalue weighted by molar-refractivity contribution is 6.36. The minimum Gasteiger partial charge on any atom is -0.489 e. The van der Waals surface area contributed by atoms with Crippen LogP contribution in [0.4, 0.5) is 13.2 Å². The van der Waals surface area contributed by atoms with Gasteiger partial charge in [-0.15, -0.1) is 11.5 Å². The third-order valence-electron chi connectivity index (χ3n) is 8.21. The number of carbonyl (C=O) groups is 1. The van der Waals surface area contributed by atoms with Gasteiger partial charge in [0.25, 0.3) is 5.56 Å². The van der Waals surface area contributed by atoms with Gasteiger partial charge in [0.2, 0.25) is 5.89 Å². The van der Waals surface area contributed by atoms with E-state index in [1.807, 2.05) is 45.9 Å². The van der Waals surface area contributed by atoms with E-state index >= 15 is 0 Å². The van der Waals surface area contributed by atoms with Crippen molar-refractivity contribution in [3.05, 3.63) is 125 Å². The predicted molar refractivity (Wildman–Crippen MR) is 210 cm³/mol. The molecule has 0 saturated carbocycles. The van der Waals surface area contributed by atoms with Crippen molar-refractivity contribution in [1.82, 2.24) is 18.9 Å². The summed E-state index contributed by atoms with van der Waals surface area (Å²) in [6.07, 6.45) is 0.247. The van der Waals surface area contributed by atoms with Crippen molar-refractivity contribution in [3.8, 4) is 41.0 Å². The summed E-state index contributed by atoms with van der Waals surface area (Å²) in [5.41, 5.74) is -1.91. The summed E-state index contributed by atoms with van der Waals surface area (Å²) in [4.78, 5) is 48.5. The van der Waals surface area contributed by atoms with Crippen molar-refractivity contribution >= 4 is 29.2 Å². The number of methoxy groups -OCH3 is 1. The summed E-state index contributed by atoms with van der Waals surface area (Å²) in [5.74, 6) is 2.62. The van der Waals surface area contributed by atoms with Gasteiger partial charge in [-0.05, 0) is 55.3 Å². The van der Waals surface area contributed by atoms with E-state index in [4.69, 9.17) is 53.0 Å². The Hall–Kier alpha value is -5.92. The summed E-state index contributed by atoms with van der Waals surface area (Å²) in [5, 5.41) is 4.71. The lowest BCUT2D eigenvalue weighted by Gasteiger charge is -2.17. The van der Waals surface area contributed by atoms with E-state index in [1.165, 1.54) is 43.5 Å². The fourth-order valence-electron chi connectivity index (χ4n) is 5.08. The zero-order valence-corrected chi connectivity index (χ0v) is 33.9. The predicted octanol–water partition coefficient (Wildman–Crippen LogP) is 7.08. The molecule has 5 rings (SSSR count). The Labute approximate surface area is 340 Å². The van der Waals surface area contributed by atoms with Crippen LogP contribution < -0.4 is 31.2 Å². The Morgan fingerprint density at radius 1 is 0.966 bits per heavy atom. The average Bonchev–Trinajstić information content (AvgIpc) is 3.57. The lowest BCUT2D eigenvalue weighted by atomic mass is 9.97. The molecule has 0 radical (unpaired) electrons. The molecule has 58 heavy (non-hydrogen) atoms. The number of alkyl halides is 3. The number of aryl methyl sites for hydroxylation is 1. The molecule has 18 heteroatoms. The third kappa shape index (κ3) is 10.7. The molecule has 0 amide bonds. The maximum atomic E-state index is 13.1. The monoisotopic (exact) mass is 846 g/mol. The molecule has 0 N–H and O–H groups in total. The number of terminal acetylenes is 1. The van der Waals surface area contributed by atoms with Crippen LogP contribution in [0.25, 0.3) is 11.4 Å². The van der Waals surface area contributed by atoms with E-state index in [0.717, 1.165) is 23.7 Å². The van der Waals surface area contributed by atoms with Crippen molar-refractivity contribution in [2.24, 2.45) is 7.05 Å². The molecule has 0 aliphatic carbocycles. The Kier molecular flexibility index (Phi) is 14.3. The second-order valence-electron chi connectivity index (χ2n) is 13.5. The highest BCUT2D eigenvalue weighted by Gasteiger charge is 2.35. The van der Waals surface area contributed by atoms with Gasteiger partial charge >= 0.3 is 23.6 Å². The summed E-state index contributed by atoms with van der Waals surface area (Å²) in [6, 6.07) is 14.6. The normalized spacial score (nSPS) is 11.8. The van der Waals surface area contributed by atoms with E-state index in [1.54, 1.807) is 6.92 Å². The number of benzene rings is 3. The molecular weight excluding hydrogens is 808 g/mol. The fourth-order valence-corrected chi connectivity index (χ4v) is 5.60. The molecule has 0 aliphatic heterocycles. The first-order valence-electron chi connectivity index (χ1n) is 17.4. The Balaban J connectivity index is 0.000000289. The van der Waals surface area contributed by atoms with Crippen LogP contribution in [0, 0.1) is 12.3 Å². The van der Waals surface area contributed by atoms with Crippen LogP contribution in [0.3, 0.4) is 0 Å². The van der Waals surface area contributed by atoms with Crippen LogP contribution in [0.2, 0.25) is 10.0 Å². The Bertz CT molecular complexity index is 2490. The number of halogens is 5. The molecule has 1 atom stereocenters. The third-order valence-corrected chi connectivity index (χ3v) is 8.80. The van der Waals surface area contributed by atoms with Crippen molar-refractivity contribution in [1.29, 1.82) is 0 Å². The van der Waals surface area contributed by atoms with Crippen LogP contribution in [0.1, 0.15) is 57.3 Å². The molecule has 3 aromatic carbocycles. The van der Waals surface area contributed by atoms with Gasteiger partial charge in [-0.1, -0.05) is 68.9 Å². The number of aromatic nitrogens is 4. The lowest BCUT2D eigenvalue weighted by Crippen LogP contribution is -2.40. The molecule has 2 aromatic heterocycles. The number of hydrogen-bond donors (Lipinski definition) is 0. The molecule has 0 spiro atoms. The van der Waals surface area contributed by atoms with Gasteiger partial charge in [0.05, 0.1) is 28.5 Å². The molecule has 1 unspecified atom stereocenters. The number of carbonyl (C=O) groups excluding carboxylic acids is 1. The van der Waals surface area contributed by atoms with Crippen LogP contribution >= 0.6 is 23.2 Å². The first-order valence-corrected chi connectivity index (χ1v) is 18.1. The second kappa shape index (κ2) is 18.6. The maximum absolute atomic E-state index is 13.1. The number of nitrogens with zero attached hydrogens (tertiary/aromatic N) is 4. The number of ether oxygens (including phenoxy) is 4. The molecular formula is C40H39Cl2F3N4O9. The minimum absolute atomic E-state index is 0.0434. The van der Waals surface area contributed by atoms with E-state index < -0.39 is 46.4 Å². The van der Waals surface area contributed by atoms with Gasteiger partial charge < -0.3 is 23.4 Å². The summed E-state index contributed by atoms with van der Waals surface area (Å²) in [6.45, 7) is 9.32. The SMILES string of the molecule is C#CCOc1cc(-n2nc(C(C)(C)C)oc2=O)c(Cl)cc1Cl.CCc1ccc(COc2ccc(-n3c(=O)cc(C(F)(F)F)n(C)c3=O)cc2)c(OC(C)C(=O)OC)c1. The van der Waals surface area contributed by atoms with E-state index in [-0.39, 0.29) is 28.9 Å². The summed E-state index contributed by atoms with van der Waals surface area (Å²) in [7, 11) is 2.22. The van der Waals surface area contributed by atoms with Crippen LogP contribution in [0.5, 0.6) is 17.2 Å². The highest BCUT2D eigenvalue weighted by atomic mass is 35.5. The molecule has 13 nitrogen and oxygen atoms in total. The number of esters is 1. The molecule has 5 aromatic rings. The quantitative estimate of drug-likeness (QED) is 0.0999. The van der Waals surface area contributed by atoms with Crippen LogP contribution in [-0.2, 0) is 41.2 Å². The van der Waals surface area contributed by atoms with Gasteiger partial charge in [-0.25, -0.2) is 19.0 Å². The molecule has 0 bridgehead atoms. The van der Waals surface area contributed by atoms with Crippen molar-refractivity contribution in [2.75, 3.05) is 13.7 Å². The zero-order valence-electron chi connectivity index (χ0n) is 32.4. The Morgan fingerprint density at radius 2 is 1.64 bits per heavy atom. The first kappa shape index (κ1) is 44.8. The summed E-state index contributed by atoms with van der Waals surface area (Å²) >= 11 is 12.2. The highest BCUT2D eigenvalue weighted by Crippen LogP contribution is 2.33. The maximum Gasteiger partial charge on any atom is 0.442 e. The van der Waals surface area contributed by atoms with E-state index in [0.29, 0.717) is 49.6 Å². The fraction of sp³-hybridized carbons (Fsp3) is 0.325. The van der Waals surface area contributed by atoms with Crippen molar-refractivity contribution in [2.45, 2.75) is 65.3 Å². The number of hydrogen-bond acceptors (Lipinski definition) is 10. The minimum atomic E-state index is -4.84. The smallest absolute Gasteiger partial charge is 0.442 e. The first-order chi connectivity index (χ1) is 27.2. The van der Waals surface area contributed by atoms with Gasteiger partial charge in [0.15, 0.2) is 6.10 Å². The Morgan fingerprint density at radius 3 is 2.21 bits per heavy atom. The molecule has 2 heterocycles. The van der Waals surface area contributed by atoms with Crippen molar-refractivity contribution < 1.29 is 41.3 Å². The molecule has 0 aliphatic rings. The van der Waals surface area contributed by atoms with E-state index in [9.17, 15) is 32.3 Å². The van der Waals surface area contributed by atoms with E-state index in [2.05, 4.69) is 11.0 Å². The molecule has 0 saturated heterocycles. The average molecular weight is 848 g/mol. The molecule has 0 fully saturated rings. The van der Waals surface area contributed by atoms with Gasteiger partial charge in [-0.3, -0.25) is 9.36 Å². The number of rotatable bonds is 11. The second-order valence-corrected chi connectivity index (χ2v) is 14.3. The molecule has 308 valence electrons.